The van der Waals surface area contributed by atoms with Gasteiger partial charge in [0.25, 0.3) is 0 Å². The molecule has 0 aliphatic carbocycles. The van der Waals surface area contributed by atoms with E-state index in [0.29, 0.717) is 0 Å². The van der Waals surface area contributed by atoms with Crippen molar-refractivity contribution in [2.24, 2.45) is 0 Å². The van der Waals surface area contributed by atoms with E-state index in [9.17, 15) is 0 Å². The van der Waals surface area contributed by atoms with E-state index in [2.05, 4.69) is 19.2 Å². The summed E-state index contributed by atoms with van der Waals surface area (Å²) in [4.78, 5) is 0. The Morgan fingerprint density at radius 1 is 0.471 bits per heavy atom. The van der Waals surface area contributed by atoms with E-state index < -0.39 is 0 Å². The minimum atomic E-state index is 1.34. The molecule has 0 radical (unpaired) electrons. The third-order valence-electron chi connectivity index (χ3n) is 3.52. The first-order valence-corrected chi connectivity index (χ1v) is 8.23. The zero-order valence-corrected chi connectivity index (χ0v) is 12.5. The van der Waals surface area contributed by atoms with Crippen LogP contribution in [0, 0.1) is 0 Å². The van der Waals surface area contributed by atoms with Crippen LogP contribution >= 0.6 is 0 Å². The molecule has 0 unspecified atom stereocenters. The first kappa shape index (κ1) is 17.0. The lowest BCUT2D eigenvalue weighted by Crippen LogP contribution is -2.84. The molecule has 0 spiro atoms. The Hall–Kier alpha value is -0.0400. The molecule has 0 saturated carbocycles. The maximum absolute atomic E-state index is 2.49. The van der Waals surface area contributed by atoms with Crippen LogP contribution in [0.3, 0.4) is 0 Å². The summed E-state index contributed by atoms with van der Waals surface area (Å²) < 4.78 is 0. The number of hydrogen-bond donors (Lipinski definition) is 1. The van der Waals surface area contributed by atoms with Crippen molar-refractivity contribution >= 4 is 0 Å². The van der Waals surface area contributed by atoms with Gasteiger partial charge in [-0.3, -0.25) is 0 Å². The SMILES string of the molecule is CCCCCCCCCCCC[NH2+]CCCC. The summed E-state index contributed by atoms with van der Waals surface area (Å²) in [6.07, 6.45) is 17.2. The molecule has 1 nitrogen and oxygen atoms in total. The summed E-state index contributed by atoms with van der Waals surface area (Å²) in [6, 6.07) is 0. The van der Waals surface area contributed by atoms with Crippen LogP contribution in [0.1, 0.15) is 90.9 Å². The average Bonchev–Trinajstić information content (AvgIpc) is 2.35. The highest BCUT2D eigenvalue weighted by atomic mass is 14.8. The van der Waals surface area contributed by atoms with Crippen LogP contribution in [0.15, 0.2) is 0 Å². The molecule has 2 N–H and O–H groups in total. The first-order valence-electron chi connectivity index (χ1n) is 8.23. The molecule has 0 aliphatic rings. The molecular weight excluding hydrogens is 206 g/mol. The average molecular weight is 242 g/mol. The number of nitrogens with two attached hydrogens (primary N) is 1. The predicted octanol–water partition coefficient (Wildman–Crippen LogP) is 4.27. The summed E-state index contributed by atoms with van der Waals surface area (Å²) >= 11 is 0. The predicted molar refractivity (Wildman–Crippen MR) is 78.4 cm³/mol. The van der Waals surface area contributed by atoms with Crippen LogP contribution in [0.2, 0.25) is 0 Å². The van der Waals surface area contributed by atoms with E-state index in [1.54, 1.807) is 0 Å². The zero-order chi connectivity index (χ0) is 12.6. The molecule has 1 heteroatoms. The molecule has 0 fully saturated rings. The van der Waals surface area contributed by atoms with Gasteiger partial charge in [0, 0.05) is 0 Å². The maximum Gasteiger partial charge on any atom is 0.0755 e. The molecule has 0 aromatic carbocycles. The van der Waals surface area contributed by atoms with E-state index in [1.165, 1.54) is 90.1 Å². The number of hydrogen-bond acceptors (Lipinski definition) is 0. The molecule has 0 amide bonds. The lowest BCUT2D eigenvalue weighted by molar-refractivity contribution is -0.655. The number of unbranched alkanes of at least 4 members (excludes halogenated alkanes) is 10. The summed E-state index contributed by atoms with van der Waals surface area (Å²) in [7, 11) is 0. The quantitative estimate of drug-likeness (QED) is 0.438. The van der Waals surface area contributed by atoms with Gasteiger partial charge in [-0.15, -0.1) is 0 Å². The molecule has 17 heavy (non-hydrogen) atoms. The molecule has 0 rings (SSSR count). The normalized spacial score (nSPS) is 10.9. The van der Waals surface area contributed by atoms with E-state index in [4.69, 9.17) is 0 Å². The van der Waals surface area contributed by atoms with Crippen LogP contribution in [0.5, 0.6) is 0 Å². The maximum atomic E-state index is 2.49. The fourth-order valence-electron chi connectivity index (χ4n) is 2.27. The van der Waals surface area contributed by atoms with Gasteiger partial charge in [0.05, 0.1) is 13.1 Å². The zero-order valence-electron chi connectivity index (χ0n) is 12.5. The highest BCUT2D eigenvalue weighted by Gasteiger charge is 1.94. The fourth-order valence-corrected chi connectivity index (χ4v) is 2.27. The topological polar surface area (TPSA) is 16.6 Å². The van der Waals surface area contributed by atoms with Gasteiger partial charge in [-0.05, 0) is 19.3 Å². The molecule has 0 bridgehead atoms. The molecule has 0 atom stereocenters. The Labute approximate surface area is 110 Å². The Bertz CT molecular complexity index is 109. The van der Waals surface area contributed by atoms with Gasteiger partial charge < -0.3 is 5.32 Å². The van der Waals surface area contributed by atoms with Gasteiger partial charge >= 0.3 is 0 Å². The Balaban J connectivity index is 2.85. The third-order valence-corrected chi connectivity index (χ3v) is 3.52. The van der Waals surface area contributed by atoms with Crippen molar-refractivity contribution in [1.29, 1.82) is 0 Å². The van der Waals surface area contributed by atoms with Crippen LogP contribution in [-0.4, -0.2) is 13.1 Å². The van der Waals surface area contributed by atoms with Crippen LogP contribution in [0.4, 0.5) is 0 Å². The van der Waals surface area contributed by atoms with Crippen molar-refractivity contribution in [1.82, 2.24) is 0 Å². The third kappa shape index (κ3) is 16.0. The highest BCUT2D eigenvalue weighted by molar-refractivity contribution is 4.46. The second-order valence-electron chi connectivity index (χ2n) is 5.40. The van der Waals surface area contributed by atoms with Crippen LogP contribution in [-0.2, 0) is 0 Å². The standard InChI is InChI=1S/C16H35N/c1-3-5-7-8-9-10-11-12-13-14-16-17-15-6-4-2/h17H,3-16H2,1-2H3/p+1. The molecular formula is C16H36N+. The summed E-state index contributed by atoms with van der Waals surface area (Å²) in [5.74, 6) is 0. The lowest BCUT2D eigenvalue weighted by atomic mass is 10.1. The minimum absolute atomic E-state index is 1.34. The van der Waals surface area contributed by atoms with Crippen molar-refractivity contribution < 1.29 is 5.32 Å². The minimum Gasteiger partial charge on any atom is -0.346 e. The molecule has 0 aromatic rings. The second-order valence-corrected chi connectivity index (χ2v) is 5.40. The summed E-state index contributed by atoms with van der Waals surface area (Å²) in [6.45, 7) is 7.26. The van der Waals surface area contributed by atoms with Crippen molar-refractivity contribution in [2.45, 2.75) is 90.9 Å². The summed E-state index contributed by atoms with van der Waals surface area (Å²) in [5.41, 5.74) is 0. The van der Waals surface area contributed by atoms with E-state index >= 15 is 0 Å². The highest BCUT2D eigenvalue weighted by Crippen LogP contribution is 2.09. The van der Waals surface area contributed by atoms with E-state index in [-0.39, 0.29) is 0 Å². The molecule has 0 aliphatic heterocycles. The van der Waals surface area contributed by atoms with Crippen LogP contribution < -0.4 is 5.32 Å². The largest absolute Gasteiger partial charge is 0.346 e. The van der Waals surface area contributed by atoms with Gasteiger partial charge in [-0.1, -0.05) is 71.6 Å². The van der Waals surface area contributed by atoms with Gasteiger partial charge in [0.2, 0.25) is 0 Å². The smallest absolute Gasteiger partial charge is 0.0755 e. The number of quaternary nitrogens is 1. The fraction of sp³-hybridized carbons (Fsp3) is 1.00. The molecule has 104 valence electrons. The van der Waals surface area contributed by atoms with Crippen molar-refractivity contribution in [3.63, 3.8) is 0 Å². The summed E-state index contributed by atoms with van der Waals surface area (Å²) in [5, 5.41) is 2.49. The van der Waals surface area contributed by atoms with Crippen LogP contribution in [0.25, 0.3) is 0 Å². The van der Waals surface area contributed by atoms with Gasteiger partial charge in [-0.2, -0.15) is 0 Å². The monoisotopic (exact) mass is 242 g/mol. The molecule has 0 heterocycles. The molecule has 0 aromatic heterocycles. The van der Waals surface area contributed by atoms with Gasteiger partial charge in [-0.25, -0.2) is 0 Å². The van der Waals surface area contributed by atoms with E-state index in [1.807, 2.05) is 0 Å². The Morgan fingerprint density at radius 2 is 0.882 bits per heavy atom. The van der Waals surface area contributed by atoms with Crippen molar-refractivity contribution in [2.75, 3.05) is 13.1 Å². The van der Waals surface area contributed by atoms with E-state index in [0.717, 1.165) is 0 Å². The molecule has 0 saturated heterocycles. The number of rotatable bonds is 14. The Kier molecular flexibility index (Phi) is 15.9. The first-order chi connectivity index (χ1) is 8.41. The van der Waals surface area contributed by atoms with Crippen molar-refractivity contribution in [3.05, 3.63) is 0 Å². The van der Waals surface area contributed by atoms with Crippen molar-refractivity contribution in [3.8, 4) is 0 Å². The Morgan fingerprint density at radius 3 is 1.41 bits per heavy atom. The van der Waals surface area contributed by atoms with Gasteiger partial charge in [0.15, 0.2) is 0 Å². The van der Waals surface area contributed by atoms with Gasteiger partial charge in [0.1, 0.15) is 0 Å². The second kappa shape index (κ2) is 16.0. The lowest BCUT2D eigenvalue weighted by Gasteiger charge is -2.02.